The number of aliphatic carboxylic acids is 1. The topological polar surface area (TPSA) is 78.4 Å². The van der Waals surface area contributed by atoms with Crippen LogP contribution >= 0.6 is 0 Å². The van der Waals surface area contributed by atoms with E-state index in [1.54, 1.807) is 0 Å². The predicted octanol–water partition coefficient (Wildman–Crippen LogP) is 3.14. The summed E-state index contributed by atoms with van der Waals surface area (Å²) in [6.45, 7) is 8.17. The number of rotatable bonds is 6. The zero-order chi connectivity index (χ0) is 16.0. The Morgan fingerprint density at radius 3 is 2.24 bits per heavy atom. The van der Waals surface area contributed by atoms with Gasteiger partial charge in [-0.1, -0.05) is 33.6 Å². The Morgan fingerprint density at radius 2 is 1.76 bits per heavy atom. The Hall–Kier alpha value is -1.26. The summed E-state index contributed by atoms with van der Waals surface area (Å²) in [4.78, 5) is 23.0. The molecular formula is C16H30N2O3. The lowest BCUT2D eigenvalue weighted by Gasteiger charge is -2.27. The highest BCUT2D eigenvalue weighted by molar-refractivity contribution is 5.76. The number of nitrogens with one attached hydrogen (secondary N) is 2. The van der Waals surface area contributed by atoms with Crippen LogP contribution in [-0.4, -0.2) is 29.2 Å². The molecule has 3 N–H and O–H groups in total. The Bertz CT molecular complexity index is 357. The minimum atomic E-state index is -0.881. The normalized spacial score (nSPS) is 19.0. The van der Waals surface area contributed by atoms with Crippen molar-refractivity contribution in [2.45, 2.75) is 78.3 Å². The second kappa shape index (κ2) is 7.66. The van der Waals surface area contributed by atoms with Crippen LogP contribution in [0.2, 0.25) is 0 Å². The molecule has 122 valence electrons. The summed E-state index contributed by atoms with van der Waals surface area (Å²) in [5.41, 5.74) is -0.0233. The summed E-state index contributed by atoms with van der Waals surface area (Å²) in [5.74, 6) is -0.329. The van der Waals surface area contributed by atoms with E-state index in [-0.39, 0.29) is 30.0 Å². The van der Waals surface area contributed by atoms with E-state index in [2.05, 4.69) is 10.6 Å². The molecule has 0 bridgehead atoms. The maximum Gasteiger partial charge on any atom is 0.315 e. The molecule has 21 heavy (non-hydrogen) atoms. The van der Waals surface area contributed by atoms with E-state index in [0.29, 0.717) is 12.3 Å². The van der Waals surface area contributed by atoms with E-state index in [4.69, 9.17) is 5.11 Å². The maximum atomic E-state index is 12.1. The average Bonchev–Trinajstić information content (AvgIpc) is 2.77. The number of hydrogen-bond acceptors (Lipinski definition) is 2. The average molecular weight is 298 g/mol. The Kier molecular flexibility index (Phi) is 6.49. The molecule has 1 fully saturated rings. The van der Waals surface area contributed by atoms with Gasteiger partial charge in [0.2, 0.25) is 0 Å². The number of carbonyl (C=O) groups is 2. The number of carboxylic acid groups (broad SMARTS) is 1. The van der Waals surface area contributed by atoms with Crippen molar-refractivity contribution in [1.82, 2.24) is 10.6 Å². The van der Waals surface area contributed by atoms with Crippen molar-refractivity contribution in [2.24, 2.45) is 11.3 Å². The van der Waals surface area contributed by atoms with Gasteiger partial charge in [-0.25, -0.2) is 4.79 Å². The molecule has 0 aromatic heterocycles. The van der Waals surface area contributed by atoms with Gasteiger partial charge in [0.25, 0.3) is 0 Å². The smallest absolute Gasteiger partial charge is 0.315 e. The second-order valence-corrected chi connectivity index (χ2v) is 7.51. The molecule has 0 aromatic carbocycles. The first-order valence-corrected chi connectivity index (χ1v) is 7.96. The van der Waals surface area contributed by atoms with Crippen molar-refractivity contribution in [3.8, 4) is 0 Å². The molecule has 0 radical (unpaired) electrons. The lowest BCUT2D eigenvalue weighted by Crippen LogP contribution is -2.48. The lowest BCUT2D eigenvalue weighted by molar-refractivity contribution is -0.137. The van der Waals surface area contributed by atoms with E-state index < -0.39 is 5.97 Å². The van der Waals surface area contributed by atoms with Gasteiger partial charge < -0.3 is 15.7 Å². The molecule has 1 saturated carbocycles. The standard InChI is InChI=1S/C16H30N2O3/c1-11(12-7-5-6-8-12)17-15(21)18-13(9-14(19)20)10-16(2,3)4/h11-13H,5-10H2,1-4H3,(H,19,20)(H2,17,18,21). The van der Waals surface area contributed by atoms with Crippen molar-refractivity contribution in [1.29, 1.82) is 0 Å². The van der Waals surface area contributed by atoms with Gasteiger partial charge in [0.1, 0.15) is 0 Å². The highest BCUT2D eigenvalue weighted by atomic mass is 16.4. The van der Waals surface area contributed by atoms with Gasteiger partial charge in [0.05, 0.1) is 6.42 Å². The second-order valence-electron chi connectivity index (χ2n) is 7.51. The largest absolute Gasteiger partial charge is 0.481 e. The lowest BCUT2D eigenvalue weighted by atomic mass is 9.87. The first-order valence-electron chi connectivity index (χ1n) is 7.96. The zero-order valence-electron chi connectivity index (χ0n) is 13.7. The van der Waals surface area contributed by atoms with Crippen molar-refractivity contribution in [3.05, 3.63) is 0 Å². The van der Waals surface area contributed by atoms with Crippen molar-refractivity contribution < 1.29 is 14.7 Å². The monoisotopic (exact) mass is 298 g/mol. The minimum absolute atomic E-state index is 0.0233. The van der Waals surface area contributed by atoms with Gasteiger partial charge >= 0.3 is 12.0 Å². The molecule has 0 saturated heterocycles. The van der Waals surface area contributed by atoms with Crippen molar-refractivity contribution in [3.63, 3.8) is 0 Å². The molecule has 0 spiro atoms. The first-order chi connectivity index (χ1) is 9.67. The molecule has 2 unspecified atom stereocenters. The SMILES string of the molecule is CC(NC(=O)NC(CC(=O)O)CC(C)(C)C)C1CCCC1. The molecule has 0 aliphatic heterocycles. The van der Waals surface area contributed by atoms with Gasteiger partial charge in [-0.05, 0) is 37.5 Å². The van der Waals surface area contributed by atoms with Crippen LogP contribution in [0, 0.1) is 11.3 Å². The minimum Gasteiger partial charge on any atom is -0.481 e. The summed E-state index contributed by atoms with van der Waals surface area (Å²) in [7, 11) is 0. The highest BCUT2D eigenvalue weighted by Crippen LogP contribution is 2.27. The van der Waals surface area contributed by atoms with Crippen LogP contribution in [0.15, 0.2) is 0 Å². The fourth-order valence-electron chi connectivity index (χ4n) is 3.13. The van der Waals surface area contributed by atoms with Crippen LogP contribution < -0.4 is 10.6 Å². The molecule has 1 rings (SSSR count). The number of carbonyl (C=O) groups excluding carboxylic acids is 1. The van der Waals surface area contributed by atoms with Gasteiger partial charge in [0.15, 0.2) is 0 Å². The summed E-state index contributed by atoms with van der Waals surface area (Å²) in [6, 6.07) is -0.434. The third-order valence-electron chi connectivity index (χ3n) is 4.08. The Morgan fingerprint density at radius 1 is 1.19 bits per heavy atom. The summed E-state index contributed by atoms with van der Waals surface area (Å²) < 4.78 is 0. The molecule has 0 aromatic rings. The summed E-state index contributed by atoms with van der Waals surface area (Å²) in [6.07, 6.45) is 5.42. The van der Waals surface area contributed by atoms with Crippen LogP contribution in [-0.2, 0) is 4.79 Å². The molecule has 1 aliphatic rings. The van der Waals surface area contributed by atoms with Crippen molar-refractivity contribution >= 4 is 12.0 Å². The molecular weight excluding hydrogens is 268 g/mol. The quantitative estimate of drug-likeness (QED) is 0.705. The van der Waals surface area contributed by atoms with Gasteiger partial charge in [-0.2, -0.15) is 0 Å². The van der Waals surface area contributed by atoms with Gasteiger partial charge in [0, 0.05) is 12.1 Å². The highest BCUT2D eigenvalue weighted by Gasteiger charge is 2.26. The molecule has 5 heteroatoms. The van der Waals surface area contributed by atoms with Crippen LogP contribution in [0.25, 0.3) is 0 Å². The fraction of sp³-hybridized carbons (Fsp3) is 0.875. The fourth-order valence-corrected chi connectivity index (χ4v) is 3.13. The van der Waals surface area contributed by atoms with E-state index in [1.165, 1.54) is 25.7 Å². The van der Waals surface area contributed by atoms with E-state index in [0.717, 1.165) is 0 Å². The third-order valence-corrected chi connectivity index (χ3v) is 4.08. The molecule has 2 amide bonds. The predicted molar refractivity (Wildman–Crippen MR) is 83.2 cm³/mol. The van der Waals surface area contributed by atoms with E-state index >= 15 is 0 Å². The molecule has 0 heterocycles. The molecule has 5 nitrogen and oxygen atoms in total. The number of urea groups is 1. The van der Waals surface area contributed by atoms with Crippen LogP contribution in [0.1, 0.15) is 66.2 Å². The first kappa shape index (κ1) is 17.8. The van der Waals surface area contributed by atoms with Gasteiger partial charge in [-0.15, -0.1) is 0 Å². The Balaban J connectivity index is 2.48. The van der Waals surface area contributed by atoms with E-state index in [9.17, 15) is 9.59 Å². The number of amides is 2. The van der Waals surface area contributed by atoms with E-state index in [1.807, 2.05) is 27.7 Å². The van der Waals surface area contributed by atoms with Crippen LogP contribution in [0.5, 0.6) is 0 Å². The zero-order valence-corrected chi connectivity index (χ0v) is 13.7. The number of hydrogen-bond donors (Lipinski definition) is 3. The maximum absolute atomic E-state index is 12.1. The Labute approximate surface area is 127 Å². The van der Waals surface area contributed by atoms with Crippen molar-refractivity contribution in [2.75, 3.05) is 0 Å². The summed E-state index contributed by atoms with van der Waals surface area (Å²) >= 11 is 0. The molecule has 1 aliphatic carbocycles. The third kappa shape index (κ3) is 7.34. The van der Waals surface area contributed by atoms with Crippen LogP contribution in [0.4, 0.5) is 4.79 Å². The number of carboxylic acids is 1. The van der Waals surface area contributed by atoms with Gasteiger partial charge in [-0.3, -0.25) is 4.79 Å². The molecule has 2 atom stereocenters. The van der Waals surface area contributed by atoms with Crippen LogP contribution in [0.3, 0.4) is 0 Å². The summed E-state index contributed by atoms with van der Waals surface area (Å²) in [5, 5.41) is 14.8.